The highest BCUT2D eigenvalue weighted by atomic mass is 32.1. The standard InChI is InChI=1S/C11H16N2O3S/c1-4-6(2)9(14)12-7(3)10-13-8(5-17-10)11(15)16/h5-7H,4H2,1-3H3,(H,12,14)(H,15,16). The third-order valence-electron chi connectivity index (χ3n) is 2.53. The third-order valence-corrected chi connectivity index (χ3v) is 3.56. The van der Waals surface area contributed by atoms with Crippen LogP contribution in [0.2, 0.25) is 0 Å². The predicted octanol–water partition coefficient (Wildman–Crippen LogP) is 2.06. The SMILES string of the molecule is CCC(C)C(=O)NC(C)c1nc(C(=O)O)cs1. The van der Waals surface area contributed by atoms with Crippen molar-refractivity contribution in [1.29, 1.82) is 0 Å². The Morgan fingerprint density at radius 1 is 1.53 bits per heavy atom. The molecule has 5 nitrogen and oxygen atoms in total. The Kier molecular flexibility index (Phi) is 4.62. The molecule has 2 atom stereocenters. The number of aromatic nitrogens is 1. The second-order valence-corrected chi connectivity index (χ2v) is 4.81. The van der Waals surface area contributed by atoms with Gasteiger partial charge in [-0.1, -0.05) is 13.8 Å². The second-order valence-electron chi connectivity index (χ2n) is 3.92. The number of carboxylic acids is 1. The number of nitrogens with zero attached hydrogens (tertiary/aromatic N) is 1. The Labute approximate surface area is 104 Å². The van der Waals surface area contributed by atoms with Gasteiger partial charge in [0.2, 0.25) is 5.91 Å². The summed E-state index contributed by atoms with van der Waals surface area (Å²) in [7, 11) is 0. The smallest absolute Gasteiger partial charge is 0.355 e. The zero-order valence-corrected chi connectivity index (χ0v) is 10.9. The van der Waals surface area contributed by atoms with Crippen LogP contribution in [-0.2, 0) is 4.79 Å². The quantitative estimate of drug-likeness (QED) is 0.845. The number of nitrogens with one attached hydrogen (secondary N) is 1. The molecule has 1 aromatic rings. The van der Waals surface area contributed by atoms with Crippen molar-refractivity contribution in [2.24, 2.45) is 5.92 Å². The minimum Gasteiger partial charge on any atom is -0.476 e. The molecule has 0 aliphatic rings. The first kappa shape index (κ1) is 13.6. The van der Waals surface area contributed by atoms with Crippen LogP contribution in [0, 0.1) is 5.92 Å². The van der Waals surface area contributed by atoms with E-state index in [1.165, 1.54) is 16.7 Å². The minimum absolute atomic E-state index is 0.0228. The van der Waals surface area contributed by atoms with Gasteiger partial charge in [0.15, 0.2) is 5.69 Å². The molecule has 0 aliphatic heterocycles. The van der Waals surface area contributed by atoms with Gasteiger partial charge in [-0.3, -0.25) is 4.79 Å². The topological polar surface area (TPSA) is 79.3 Å². The van der Waals surface area contributed by atoms with E-state index < -0.39 is 5.97 Å². The van der Waals surface area contributed by atoms with Crippen LogP contribution in [0.1, 0.15) is 48.7 Å². The molecule has 6 heteroatoms. The van der Waals surface area contributed by atoms with Gasteiger partial charge in [-0.05, 0) is 13.3 Å². The molecule has 1 heterocycles. The van der Waals surface area contributed by atoms with E-state index in [9.17, 15) is 9.59 Å². The van der Waals surface area contributed by atoms with Crippen LogP contribution in [0.25, 0.3) is 0 Å². The maximum Gasteiger partial charge on any atom is 0.355 e. The van der Waals surface area contributed by atoms with Crippen molar-refractivity contribution in [3.8, 4) is 0 Å². The Bertz CT molecular complexity index is 417. The van der Waals surface area contributed by atoms with Crippen molar-refractivity contribution < 1.29 is 14.7 Å². The fourth-order valence-corrected chi connectivity index (χ4v) is 1.99. The van der Waals surface area contributed by atoms with Gasteiger partial charge < -0.3 is 10.4 Å². The summed E-state index contributed by atoms with van der Waals surface area (Å²) in [5, 5.41) is 13.6. The third kappa shape index (κ3) is 3.52. The minimum atomic E-state index is -1.05. The predicted molar refractivity (Wildman–Crippen MR) is 65.1 cm³/mol. The average molecular weight is 256 g/mol. The van der Waals surface area contributed by atoms with E-state index in [-0.39, 0.29) is 23.6 Å². The highest BCUT2D eigenvalue weighted by Crippen LogP contribution is 2.18. The van der Waals surface area contributed by atoms with Gasteiger partial charge in [0.25, 0.3) is 0 Å². The van der Waals surface area contributed by atoms with Gasteiger partial charge in [0, 0.05) is 11.3 Å². The van der Waals surface area contributed by atoms with Crippen LogP contribution in [0.15, 0.2) is 5.38 Å². The summed E-state index contributed by atoms with van der Waals surface area (Å²) in [5.41, 5.74) is 0.0228. The molecular weight excluding hydrogens is 240 g/mol. The maximum atomic E-state index is 11.6. The molecule has 1 rings (SSSR count). The summed E-state index contributed by atoms with van der Waals surface area (Å²) >= 11 is 1.24. The van der Waals surface area contributed by atoms with Gasteiger partial charge in [-0.25, -0.2) is 9.78 Å². The average Bonchev–Trinajstić information content (AvgIpc) is 2.77. The van der Waals surface area contributed by atoms with E-state index in [1.807, 2.05) is 13.8 Å². The molecule has 1 aromatic heterocycles. The van der Waals surface area contributed by atoms with Crippen LogP contribution in [0.4, 0.5) is 0 Å². The Morgan fingerprint density at radius 2 is 2.18 bits per heavy atom. The zero-order valence-electron chi connectivity index (χ0n) is 10.1. The molecule has 0 radical (unpaired) electrons. The molecule has 0 aromatic carbocycles. The number of amides is 1. The van der Waals surface area contributed by atoms with E-state index >= 15 is 0 Å². The first-order valence-electron chi connectivity index (χ1n) is 5.44. The van der Waals surface area contributed by atoms with Crippen molar-refractivity contribution in [1.82, 2.24) is 10.3 Å². The van der Waals surface area contributed by atoms with Crippen LogP contribution in [0.3, 0.4) is 0 Å². The summed E-state index contributed by atoms with van der Waals surface area (Å²) in [5.74, 6) is -1.13. The van der Waals surface area contributed by atoms with Gasteiger partial charge in [0.05, 0.1) is 6.04 Å². The molecule has 0 saturated carbocycles. The molecular formula is C11H16N2O3S. The van der Waals surface area contributed by atoms with Crippen LogP contribution in [-0.4, -0.2) is 22.0 Å². The Balaban J connectivity index is 2.66. The van der Waals surface area contributed by atoms with E-state index in [0.29, 0.717) is 5.01 Å². The summed E-state index contributed by atoms with van der Waals surface area (Å²) in [6, 6.07) is -0.255. The lowest BCUT2D eigenvalue weighted by atomic mass is 10.1. The largest absolute Gasteiger partial charge is 0.476 e. The van der Waals surface area contributed by atoms with Crippen molar-refractivity contribution >= 4 is 23.2 Å². The van der Waals surface area contributed by atoms with E-state index in [0.717, 1.165) is 6.42 Å². The van der Waals surface area contributed by atoms with E-state index in [1.54, 1.807) is 6.92 Å². The number of aromatic carboxylic acids is 1. The van der Waals surface area contributed by atoms with Crippen LogP contribution < -0.4 is 5.32 Å². The molecule has 94 valence electrons. The van der Waals surface area contributed by atoms with Gasteiger partial charge in [-0.2, -0.15) is 0 Å². The Hall–Kier alpha value is -1.43. The summed E-state index contributed by atoms with van der Waals surface area (Å²) < 4.78 is 0. The summed E-state index contributed by atoms with van der Waals surface area (Å²) in [4.78, 5) is 26.3. The maximum absolute atomic E-state index is 11.6. The molecule has 0 spiro atoms. The number of carboxylic acid groups (broad SMARTS) is 1. The molecule has 17 heavy (non-hydrogen) atoms. The van der Waals surface area contributed by atoms with Gasteiger partial charge in [-0.15, -0.1) is 11.3 Å². The van der Waals surface area contributed by atoms with Gasteiger partial charge >= 0.3 is 5.97 Å². The normalized spacial score (nSPS) is 14.1. The van der Waals surface area contributed by atoms with Crippen molar-refractivity contribution in [2.75, 3.05) is 0 Å². The molecule has 2 N–H and O–H groups in total. The lowest BCUT2D eigenvalue weighted by molar-refractivity contribution is -0.125. The molecule has 0 fully saturated rings. The van der Waals surface area contributed by atoms with E-state index in [2.05, 4.69) is 10.3 Å². The highest BCUT2D eigenvalue weighted by molar-refractivity contribution is 7.09. The van der Waals surface area contributed by atoms with Gasteiger partial charge in [0.1, 0.15) is 5.01 Å². The number of hydrogen-bond acceptors (Lipinski definition) is 4. The summed E-state index contributed by atoms with van der Waals surface area (Å²) in [6.07, 6.45) is 0.775. The number of thiazole rings is 1. The molecule has 0 saturated heterocycles. The molecule has 0 bridgehead atoms. The van der Waals surface area contributed by atoms with Crippen LogP contribution in [0.5, 0.6) is 0 Å². The number of rotatable bonds is 5. The van der Waals surface area contributed by atoms with E-state index in [4.69, 9.17) is 5.11 Å². The first-order valence-corrected chi connectivity index (χ1v) is 6.32. The fourth-order valence-electron chi connectivity index (χ4n) is 1.19. The fraction of sp³-hybridized carbons (Fsp3) is 0.545. The monoisotopic (exact) mass is 256 g/mol. The number of carbonyl (C=O) groups excluding carboxylic acids is 1. The number of hydrogen-bond donors (Lipinski definition) is 2. The second kappa shape index (κ2) is 5.77. The van der Waals surface area contributed by atoms with Crippen molar-refractivity contribution in [3.63, 3.8) is 0 Å². The van der Waals surface area contributed by atoms with Crippen molar-refractivity contribution in [2.45, 2.75) is 33.2 Å². The van der Waals surface area contributed by atoms with Crippen molar-refractivity contribution in [3.05, 3.63) is 16.1 Å². The summed E-state index contributed by atoms with van der Waals surface area (Å²) in [6.45, 7) is 5.60. The Morgan fingerprint density at radius 3 is 2.65 bits per heavy atom. The molecule has 2 unspecified atom stereocenters. The molecule has 1 amide bonds. The van der Waals surface area contributed by atoms with Crippen LogP contribution >= 0.6 is 11.3 Å². The zero-order chi connectivity index (χ0) is 13.0. The number of carbonyl (C=O) groups is 2. The highest BCUT2D eigenvalue weighted by Gasteiger charge is 2.18. The lowest BCUT2D eigenvalue weighted by Crippen LogP contribution is -2.31. The first-order chi connectivity index (χ1) is 7.95. The lowest BCUT2D eigenvalue weighted by Gasteiger charge is -2.14. The molecule has 0 aliphatic carbocycles.